The van der Waals surface area contributed by atoms with Crippen LogP contribution >= 0.6 is 22.6 Å². The van der Waals surface area contributed by atoms with Crippen LogP contribution in [0.2, 0.25) is 0 Å². The van der Waals surface area contributed by atoms with E-state index in [-0.39, 0.29) is 0 Å². The molecule has 90 valence electrons. The van der Waals surface area contributed by atoms with Crippen LogP contribution in [0, 0.1) is 3.57 Å². The van der Waals surface area contributed by atoms with Crippen molar-refractivity contribution < 1.29 is 0 Å². The van der Waals surface area contributed by atoms with E-state index in [2.05, 4.69) is 81.4 Å². The zero-order valence-corrected chi connectivity index (χ0v) is 11.9. The molecule has 0 fully saturated rings. The van der Waals surface area contributed by atoms with E-state index in [0.717, 1.165) is 12.2 Å². The average Bonchev–Trinajstić information content (AvgIpc) is 2.85. The molecule has 0 unspecified atom stereocenters. The minimum absolute atomic E-state index is 0.849. The number of halogens is 1. The third-order valence-corrected chi connectivity index (χ3v) is 3.68. The lowest BCUT2D eigenvalue weighted by atomic mass is 10.1. The summed E-state index contributed by atoms with van der Waals surface area (Å²) in [6, 6.07) is 17.0. The summed E-state index contributed by atoms with van der Waals surface area (Å²) in [5.74, 6) is 0. The van der Waals surface area contributed by atoms with Crippen molar-refractivity contribution in [2.24, 2.45) is 0 Å². The number of anilines is 1. The van der Waals surface area contributed by atoms with E-state index in [1.165, 1.54) is 20.0 Å². The maximum absolute atomic E-state index is 3.43. The number of hydrogen-bond donors (Lipinski definition) is 2. The Kier molecular flexibility index (Phi) is 3.23. The van der Waals surface area contributed by atoms with Gasteiger partial charge in [-0.2, -0.15) is 0 Å². The van der Waals surface area contributed by atoms with Crippen LogP contribution in [-0.2, 0) is 6.54 Å². The van der Waals surface area contributed by atoms with Crippen LogP contribution in [-0.4, -0.2) is 4.98 Å². The average molecular weight is 348 g/mol. The van der Waals surface area contributed by atoms with Gasteiger partial charge in [0, 0.05) is 27.5 Å². The van der Waals surface area contributed by atoms with E-state index in [0.29, 0.717) is 0 Å². The van der Waals surface area contributed by atoms with Gasteiger partial charge in [-0.3, -0.25) is 0 Å². The van der Waals surface area contributed by atoms with Crippen LogP contribution < -0.4 is 5.32 Å². The first kappa shape index (κ1) is 11.6. The smallest absolute Gasteiger partial charge is 0.0454 e. The summed E-state index contributed by atoms with van der Waals surface area (Å²) in [6.45, 7) is 0.849. The fraction of sp³-hybridized carbons (Fsp3) is 0.0667. The molecule has 3 aromatic rings. The molecular formula is C15H13IN2. The van der Waals surface area contributed by atoms with Gasteiger partial charge in [0.15, 0.2) is 0 Å². The Balaban J connectivity index is 1.74. The molecule has 3 rings (SSSR count). The second kappa shape index (κ2) is 5.02. The zero-order valence-electron chi connectivity index (χ0n) is 9.78. The lowest BCUT2D eigenvalue weighted by Crippen LogP contribution is -1.98. The molecule has 0 aliphatic heterocycles. The Labute approximate surface area is 120 Å². The van der Waals surface area contributed by atoms with Crippen LogP contribution in [0.3, 0.4) is 0 Å². The highest BCUT2D eigenvalue weighted by atomic mass is 127. The third kappa shape index (κ3) is 2.51. The number of benzene rings is 2. The molecule has 2 nitrogen and oxygen atoms in total. The van der Waals surface area contributed by atoms with Crippen molar-refractivity contribution in [1.29, 1.82) is 0 Å². The van der Waals surface area contributed by atoms with E-state index >= 15 is 0 Å². The van der Waals surface area contributed by atoms with Crippen LogP contribution in [0.4, 0.5) is 5.69 Å². The van der Waals surface area contributed by atoms with Crippen molar-refractivity contribution in [3.8, 4) is 0 Å². The SMILES string of the molecule is Ic1ccc(NCc2ccc3[nH]ccc3c2)cc1. The van der Waals surface area contributed by atoms with Crippen LogP contribution in [0.25, 0.3) is 10.9 Å². The number of H-pyrrole nitrogens is 1. The Hall–Kier alpha value is -1.49. The van der Waals surface area contributed by atoms with Gasteiger partial charge in [-0.1, -0.05) is 6.07 Å². The molecule has 0 saturated heterocycles. The monoisotopic (exact) mass is 348 g/mol. The third-order valence-electron chi connectivity index (χ3n) is 2.96. The maximum atomic E-state index is 3.43. The number of aromatic nitrogens is 1. The molecule has 2 aromatic carbocycles. The molecule has 0 bridgehead atoms. The summed E-state index contributed by atoms with van der Waals surface area (Å²) in [5, 5.41) is 4.69. The molecule has 3 heteroatoms. The van der Waals surface area contributed by atoms with Gasteiger partial charge >= 0.3 is 0 Å². The topological polar surface area (TPSA) is 27.8 Å². The lowest BCUT2D eigenvalue weighted by Gasteiger charge is -2.06. The Morgan fingerprint density at radius 2 is 1.83 bits per heavy atom. The largest absolute Gasteiger partial charge is 0.381 e. The van der Waals surface area contributed by atoms with E-state index in [1.807, 2.05) is 6.20 Å². The van der Waals surface area contributed by atoms with Crippen molar-refractivity contribution in [3.05, 3.63) is 63.9 Å². The molecule has 0 saturated carbocycles. The predicted octanol–water partition coefficient (Wildman–Crippen LogP) is 4.38. The fourth-order valence-corrected chi connectivity index (χ4v) is 2.34. The maximum Gasteiger partial charge on any atom is 0.0454 e. The lowest BCUT2D eigenvalue weighted by molar-refractivity contribution is 1.15. The molecule has 0 spiro atoms. The number of rotatable bonds is 3. The zero-order chi connectivity index (χ0) is 12.4. The summed E-state index contributed by atoms with van der Waals surface area (Å²) in [4.78, 5) is 3.21. The second-order valence-corrected chi connectivity index (χ2v) is 5.51. The Morgan fingerprint density at radius 1 is 1.00 bits per heavy atom. The first-order valence-electron chi connectivity index (χ1n) is 5.87. The first-order valence-corrected chi connectivity index (χ1v) is 6.94. The molecule has 1 heterocycles. The molecule has 0 aliphatic carbocycles. The summed E-state index contributed by atoms with van der Waals surface area (Å²) in [6.07, 6.45) is 1.97. The molecule has 0 amide bonds. The van der Waals surface area contributed by atoms with Crippen LogP contribution in [0.5, 0.6) is 0 Å². The van der Waals surface area contributed by atoms with E-state index in [4.69, 9.17) is 0 Å². The van der Waals surface area contributed by atoms with E-state index in [9.17, 15) is 0 Å². The molecule has 0 atom stereocenters. The van der Waals surface area contributed by atoms with E-state index < -0.39 is 0 Å². The predicted molar refractivity (Wildman–Crippen MR) is 84.8 cm³/mol. The minimum Gasteiger partial charge on any atom is -0.381 e. The van der Waals surface area contributed by atoms with Gasteiger partial charge in [0.1, 0.15) is 0 Å². The van der Waals surface area contributed by atoms with Gasteiger partial charge in [-0.25, -0.2) is 0 Å². The first-order chi connectivity index (χ1) is 8.81. The molecule has 2 N–H and O–H groups in total. The Morgan fingerprint density at radius 3 is 2.67 bits per heavy atom. The van der Waals surface area contributed by atoms with Crippen molar-refractivity contribution in [3.63, 3.8) is 0 Å². The van der Waals surface area contributed by atoms with Crippen molar-refractivity contribution in [2.75, 3.05) is 5.32 Å². The van der Waals surface area contributed by atoms with Crippen LogP contribution in [0.15, 0.2) is 54.7 Å². The molecule has 18 heavy (non-hydrogen) atoms. The molecule has 0 radical (unpaired) electrons. The van der Waals surface area contributed by atoms with Gasteiger partial charge in [0.25, 0.3) is 0 Å². The van der Waals surface area contributed by atoms with Gasteiger partial charge in [0.05, 0.1) is 0 Å². The highest BCUT2D eigenvalue weighted by Gasteiger charge is 1.98. The molecule has 1 aromatic heterocycles. The number of fused-ring (bicyclic) bond motifs is 1. The van der Waals surface area contributed by atoms with Crippen molar-refractivity contribution >= 4 is 39.2 Å². The summed E-state index contributed by atoms with van der Waals surface area (Å²) in [7, 11) is 0. The molecular weight excluding hydrogens is 335 g/mol. The highest BCUT2D eigenvalue weighted by molar-refractivity contribution is 14.1. The van der Waals surface area contributed by atoms with Crippen LogP contribution in [0.1, 0.15) is 5.56 Å². The molecule has 0 aliphatic rings. The van der Waals surface area contributed by atoms with Crippen molar-refractivity contribution in [1.82, 2.24) is 4.98 Å². The summed E-state index contributed by atoms with van der Waals surface area (Å²) < 4.78 is 1.26. The standard InChI is InChI=1S/C15H13IN2/c16-13-2-4-14(5-3-13)18-10-11-1-6-15-12(9-11)7-8-17-15/h1-9,17-18H,10H2. The van der Waals surface area contributed by atoms with Gasteiger partial charge in [0.2, 0.25) is 0 Å². The van der Waals surface area contributed by atoms with Gasteiger partial charge in [-0.05, 0) is 76.0 Å². The fourth-order valence-electron chi connectivity index (χ4n) is 1.98. The van der Waals surface area contributed by atoms with Gasteiger partial charge < -0.3 is 10.3 Å². The number of aromatic amines is 1. The van der Waals surface area contributed by atoms with Gasteiger partial charge in [-0.15, -0.1) is 0 Å². The number of nitrogens with one attached hydrogen (secondary N) is 2. The highest BCUT2D eigenvalue weighted by Crippen LogP contribution is 2.16. The second-order valence-electron chi connectivity index (χ2n) is 4.26. The summed E-state index contributed by atoms with van der Waals surface area (Å²) >= 11 is 2.31. The number of hydrogen-bond acceptors (Lipinski definition) is 1. The normalized spacial score (nSPS) is 10.7. The summed E-state index contributed by atoms with van der Waals surface area (Å²) in [5.41, 5.74) is 3.64. The van der Waals surface area contributed by atoms with E-state index in [1.54, 1.807) is 0 Å². The Bertz CT molecular complexity index is 656. The quantitative estimate of drug-likeness (QED) is 0.676. The van der Waals surface area contributed by atoms with Crippen molar-refractivity contribution in [2.45, 2.75) is 6.54 Å². The minimum atomic E-state index is 0.849.